The van der Waals surface area contributed by atoms with Gasteiger partial charge in [0.15, 0.2) is 0 Å². The number of para-hydroxylation sites is 2. The van der Waals surface area contributed by atoms with Crippen LogP contribution in [0.5, 0.6) is 0 Å². The fraction of sp³-hybridized carbons (Fsp3) is 0.0600. The number of nitrogens with zero attached hydrogens (tertiary/aromatic N) is 3. The summed E-state index contributed by atoms with van der Waals surface area (Å²) in [5.41, 5.74) is 13.3. The van der Waals surface area contributed by atoms with E-state index in [1.165, 1.54) is 38.2 Å². The highest BCUT2D eigenvalue weighted by Gasteiger charge is 2.16. The third kappa shape index (κ3) is 6.79. The van der Waals surface area contributed by atoms with Gasteiger partial charge in [-0.1, -0.05) is 91.0 Å². The number of fused-ring (bicyclic) bond motifs is 3. The molecule has 3 nitrogen and oxygen atoms in total. The molecule has 0 heterocycles. The Morgan fingerprint density at radius 3 is 1.45 bits per heavy atom. The molecule has 0 N–H and O–H groups in total. The maximum absolute atomic E-state index is 9.43. The van der Waals surface area contributed by atoms with Gasteiger partial charge in [0.25, 0.3) is 0 Å². The average molecular weight is 682 g/mol. The molecule has 0 aliphatic carbocycles. The second kappa shape index (κ2) is 14.4. The van der Waals surface area contributed by atoms with E-state index in [4.69, 9.17) is 0 Å². The normalized spacial score (nSPS) is 11.2. The Hall–Kier alpha value is -6.89. The van der Waals surface area contributed by atoms with Crippen LogP contribution in [-0.4, -0.2) is 0 Å². The van der Waals surface area contributed by atoms with Gasteiger partial charge in [-0.15, -0.1) is 0 Å². The zero-order chi connectivity index (χ0) is 36.3. The lowest BCUT2D eigenvalue weighted by molar-refractivity contribution is 1.22. The van der Waals surface area contributed by atoms with Gasteiger partial charge in [-0.2, -0.15) is 5.26 Å². The van der Waals surface area contributed by atoms with Crippen molar-refractivity contribution in [1.29, 1.82) is 5.26 Å². The maximum atomic E-state index is 9.43. The van der Waals surface area contributed by atoms with Gasteiger partial charge in [0.05, 0.1) is 11.6 Å². The molecule has 0 fully saturated rings. The van der Waals surface area contributed by atoms with Crippen LogP contribution in [0.25, 0.3) is 33.7 Å². The van der Waals surface area contributed by atoms with Gasteiger partial charge in [-0.3, -0.25) is 0 Å². The van der Waals surface area contributed by atoms with Gasteiger partial charge in [0.1, 0.15) is 0 Å². The Balaban J connectivity index is 1.08. The Kier molecular flexibility index (Phi) is 9.03. The molecule has 8 aromatic carbocycles. The van der Waals surface area contributed by atoms with Crippen molar-refractivity contribution >= 4 is 67.8 Å². The quantitative estimate of drug-likeness (QED) is 0.118. The van der Waals surface area contributed by atoms with Gasteiger partial charge in [0, 0.05) is 34.1 Å². The van der Waals surface area contributed by atoms with Crippen molar-refractivity contribution in [3.05, 3.63) is 203 Å². The van der Waals surface area contributed by atoms with Crippen LogP contribution in [0, 0.1) is 32.1 Å². The van der Waals surface area contributed by atoms with Gasteiger partial charge < -0.3 is 9.80 Å². The molecule has 0 saturated heterocycles. The van der Waals surface area contributed by atoms with Crippen molar-refractivity contribution in [3.8, 4) is 6.07 Å². The highest BCUT2D eigenvalue weighted by atomic mass is 15.1. The third-order valence-electron chi connectivity index (χ3n) is 10.2. The fourth-order valence-electron chi connectivity index (χ4n) is 7.12. The highest BCUT2D eigenvalue weighted by molar-refractivity contribution is 6.09. The summed E-state index contributed by atoms with van der Waals surface area (Å²) in [6.45, 7) is 6.51. The van der Waals surface area contributed by atoms with E-state index >= 15 is 0 Å². The van der Waals surface area contributed by atoms with Crippen molar-refractivity contribution in [2.75, 3.05) is 9.80 Å². The molecule has 0 amide bonds. The van der Waals surface area contributed by atoms with E-state index in [1.807, 2.05) is 36.4 Å². The number of aryl methyl sites for hydroxylation is 2. The molecule has 8 aromatic rings. The van der Waals surface area contributed by atoms with Gasteiger partial charge in [0.2, 0.25) is 0 Å². The van der Waals surface area contributed by atoms with E-state index in [-0.39, 0.29) is 0 Å². The first-order chi connectivity index (χ1) is 25.9. The summed E-state index contributed by atoms with van der Waals surface area (Å²) in [5.74, 6) is 0. The van der Waals surface area contributed by atoms with Gasteiger partial charge in [-0.25, -0.2) is 0 Å². The number of hydrogen-bond donors (Lipinski definition) is 0. The zero-order valence-electron chi connectivity index (χ0n) is 30.2. The first-order valence-electron chi connectivity index (χ1n) is 18.0. The largest absolute Gasteiger partial charge is 0.311 e. The maximum Gasteiger partial charge on any atom is 0.0991 e. The van der Waals surface area contributed by atoms with Crippen LogP contribution in [-0.2, 0) is 0 Å². The van der Waals surface area contributed by atoms with E-state index < -0.39 is 0 Å². The lowest BCUT2D eigenvalue weighted by Crippen LogP contribution is -2.11. The molecule has 0 atom stereocenters. The number of hydrogen-bond acceptors (Lipinski definition) is 3. The second-order valence-corrected chi connectivity index (χ2v) is 13.6. The van der Waals surface area contributed by atoms with Crippen LogP contribution < -0.4 is 9.80 Å². The monoisotopic (exact) mass is 681 g/mol. The minimum atomic E-state index is 0.649. The minimum absolute atomic E-state index is 0.649. The molecule has 0 aliphatic heterocycles. The molecule has 0 bridgehead atoms. The van der Waals surface area contributed by atoms with Crippen molar-refractivity contribution in [2.45, 2.75) is 20.8 Å². The van der Waals surface area contributed by atoms with Crippen LogP contribution in [0.4, 0.5) is 34.1 Å². The lowest BCUT2D eigenvalue weighted by Gasteiger charge is -2.27. The van der Waals surface area contributed by atoms with Crippen molar-refractivity contribution in [1.82, 2.24) is 0 Å². The summed E-state index contributed by atoms with van der Waals surface area (Å²) >= 11 is 0. The molecule has 0 radical (unpaired) electrons. The number of anilines is 6. The molecule has 254 valence electrons. The van der Waals surface area contributed by atoms with Crippen LogP contribution >= 0.6 is 0 Å². The molecular formula is C50H39N3. The highest BCUT2D eigenvalue weighted by Crippen LogP contribution is 2.39. The van der Waals surface area contributed by atoms with Crippen LogP contribution in [0.15, 0.2) is 170 Å². The standard InChI is InChI=1S/C50H39N3/c1-35-30-48(31-36(2)37(35)3)53(46-25-18-40(34-51)19-26-46)47-27-29-50-42(33-47)22-21-41-32-39(20-28-49(41)50)15-14-38-16-23-45(24-17-38)52(43-10-6-4-7-11-43)44-12-8-5-9-13-44/h4-33H,1-3H3/b15-14+. The van der Waals surface area contributed by atoms with Gasteiger partial charge in [-0.05, 0) is 161 Å². The average Bonchev–Trinajstić information content (AvgIpc) is 3.20. The molecule has 0 unspecified atom stereocenters. The van der Waals surface area contributed by atoms with E-state index in [0.29, 0.717) is 5.56 Å². The first kappa shape index (κ1) is 33.3. The molecule has 0 aliphatic rings. The summed E-state index contributed by atoms with van der Waals surface area (Å²) in [5, 5.41) is 14.3. The van der Waals surface area contributed by atoms with Crippen molar-refractivity contribution < 1.29 is 0 Å². The fourth-order valence-corrected chi connectivity index (χ4v) is 7.12. The Bertz CT molecular complexity index is 2570. The summed E-state index contributed by atoms with van der Waals surface area (Å²) in [4.78, 5) is 4.56. The Morgan fingerprint density at radius 1 is 0.415 bits per heavy atom. The Morgan fingerprint density at radius 2 is 0.868 bits per heavy atom. The molecule has 8 rings (SSSR count). The number of benzene rings is 8. The predicted octanol–water partition coefficient (Wildman–Crippen LogP) is 13.9. The molecular weight excluding hydrogens is 643 g/mol. The first-order valence-corrected chi connectivity index (χ1v) is 18.0. The van der Waals surface area contributed by atoms with Crippen LogP contribution in [0.1, 0.15) is 33.4 Å². The summed E-state index contributed by atoms with van der Waals surface area (Å²) < 4.78 is 0. The van der Waals surface area contributed by atoms with E-state index in [9.17, 15) is 5.26 Å². The number of nitriles is 1. The summed E-state index contributed by atoms with van der Waals surface area (Å²) in [6.07, 6.45) is 4.37. The zero-order valence-corrected chi connectivity index (χ0v) is 30.2. The molecule has 53 heavy (non-hydrogen) atoms. The smallest absolute Gasteiger partial charge is 0.0991 e. The van der Waals surface area contributed by atoms with Crippen molar-refractivity contribution in [3.63, 3.8) is 0 Å². The summed E-state index contributed by atoms with van der Waals surface area (Å²) in [7, 11) is 0. The van der Waals surface area contributed by atoms with Crippen molar-refractivity contribution in [2.24, 2.45) is 0 Å². The van der Waals surface area contributed by atoms with E-state index in [2.05, 4.69) is 182 Å². The molecule has 0 aromatic heterocycles. The molecule has 0 saturated carbocycles. The van der Waals surface area contributed by atoms with Crippen LogP contribution in [0.3, 0.4) is 0 Å². The minimum Gasteiger partial charge on any atom is -0.311 e. The van der Waals surface area contributed by atoms with Gasteiger partial charge >= 0.3 is 0 Å². The van der Waals surface area contributed by atoms with E-state index in [1.54, 1.807) is 0 Å². The SMILES string of the molecule is Cc1cc(N(c2ccc(C#N)cc2)c2ccc3c(ccc4cc(/C=C/c5ccc(N(c6ccccc6)c6ccccc6)cc5)ccc43)c2)cc(C)c1C. The Labute approximate surface area is 311 Å². The lowest BCUT2D eigenvalue weighted by atomic mass is 9.98. The second-order valence-electron chi connectivity index (χ2n) is 13.6. The third-order valence-corrected chi connectivity index (χ3v) is 10.2. The van der Waals surface area contributed by atoms with Crippen LogP contribution in [0.2, 0.25) is 0 Å². The number of rotatable bonds is 8. The predicted molar refractivity (Wildman–Crippen MR) is 225 cm³/mol. The molecule has 3 heteroatoms. The molecule has 0 spiro atoms. The topological polar surface area (TPSA) is 30.3 Å². The summed E-state index contributed by atoms with van der Waals surface area (Å²) in [6, 6.07) is 62.1. The van der Waals surface area contributed by atoms with E-state index in [0.717, 1.165) is 45.3 Å².